The Morgan fingerprint density at radius 1 is 0.760 bits per heavy atom. The number of Topliss-reactive ketones (excluding diaryl/α,β-unsaturated/α-hetero) is 2. The fraction of sp³-hybridized carbons (Fsp3) is 0.100. The molecule has 132 valence electrons. The van der Waals surface area contributed by atoms with Crippen LogP contribution in [0.1, 0.15) is 34.6 Å². The van der Waals surface area contributed by atoms with Crippen molar-refractivity contribution in [2.45, 2.75) is 13.8 Å². The van der Waals surface area contributed by atoms with E-state index in [9.17, 15) is 19.5 Å². The number of hydrogen-bond acceptors (Lipinski definition) is 4. The molecule has 0 radical (unpaired) electrons. The predicted molar refractivity (Wildman–Crippen MR) is 92.4 cm³/mol. The Morgan fingerprint density at radius 3 is 1.28 bits per heavy atom. The fourth-order valence-corrected chi connectivity index (χ4v) is 1.73. The molecule has 0 aliphatic carbocycles. The van der Waals surface area contributed by atoms with Gasteiger partial charge >= 0.3 is 17.1 Å². The summed E-state index contributed by atoms with van der Waals surface area (Å²) in [5.41, 5.74) is 0.854. The van der Waals surface area contributed by atoms with Gasteiger partial charge in [0.15, 0.2) is 5.78 Å². The average Bonchev–Trinajstić information content (AvgIpc) is 2.54. The molecule has 0 spiro atoms. The van der Waals surface area contributed by atoms with Gasteiger partial charge in [-0.05, 0) is 13.0 Å². The van der Waals surface area contributed by atoms with Crippen LogP contribution in [0.15, 0.2) is 72.5 Å². The third-order valence-corrected chi connectivity index (χ3v) is 2.68. The molecule has 0 bridgehead atoms. The summed E-state index contributed by atoms with van der Waals surface area (Å²) >= 11 is 0. The number of ketones is 3. The molecule has 0 fully saturated rings. The second kappa shape index (κ2) is 12.9. The van der Waals surface area contributed by atoms with Gasteiger partial charge in [0, 0.05) is 11.1 Å². The third-order valence-electron chi connectivity index (χ3n) is 2.68. The molecule has 0 saturated carbocycles. The van der Waals surface area contributed by atoms with E-state index in [1.165, 1.54) is 13.8 Å². The van der Waals surface area contributed by atoms with E-state index in [1.807, 2.05) is 12.1 Å². The van der Waals surface area contributed by atoms with Crippen LogP contribution < -0.4 is 5.11 Å². The molecule has 5 heteroatoms. The smallest absolute Gasteiger partial charge is 0.876 e. The molecule has 0 atom stereocenters. The van der Waals surface area contributed by atoms with Crippen LogP contribution in [0.5, 0.6) is 0 Å². The van der Waals surface area contributed by atoms with Crippen molar-refractivity contribution in [3.8, 4) is 0 Å². The van der Waals surface area contributed by atoms with Crippen molar-refractivity contribution in [3.63, 3.8) is 0 Å². The first-order valence-electron chi connectivity index (χ1n) is 6.97. The SMILES string of the molecule is CC(=O)/C=C(/C)[O-].O=C(C(=O)c1ccccc1)c1ccccc1.[CH3-].[Fe+2]. The van der Waals surface area contributed by atoms with E-state index in [0.29, 0.717) is 11.1 Å². The summed E-state index contributed by atoms with van der Waals surface area (Å²) in [5.74, 6) is -1.31. The van der Waals surface area contributed by atoms with Crippen LogP contribution in [0.3, 0.4) is 0 Å². The number of rotatable bonds is 4. The van der Waals surface area contributed by atoms with Gasteiger partial charge in [0.1, 0.15) is 0 Å². The number of allylic oxidation sites excluding steroid dienone is 2. The van der Waals surface area contributed by atoms with Crippen molar-refractivity contribution in [2.24, 2.45) is 0 Å². The summed E-state index contributed by atoms with van der Waals surface area (Å²) in [7, 11) is 0. The van der Waals surface area contributed by atoms with Crippen molar-refractivity contribution in [1.82, 2.24) is 0 Å². The maximum Gasteiger partial charge on any atom is 2.00 e. The first kappa shape index (κ1) is 24.8. The average molecular weight is 380 g/mol. The van der Waals surface area contributed by atoms with Crippen LogP contribution >= 0.6 is 0 Å². The molecule has 25 heavy (non-hydrogen) atoms. The summed E-state index contributed by atoms with van der Waals surface area (Å²) in [6, 6.07) is 17.2. The van der Waals surface area contributed by atoms with Crippen LogP contribution in [0.4, 0.5) is 0 Å². The monoisotopic (exact) mass is 380 g/mol. The molecule has 0 unspecified atom stereocenters. The molecule has 0 aromatic heterocycles. The van der Waals surface area contributed by atoms with E-state index in [4.69, 9.17) is 0 Å². The Kier molecular flexibility index (Phi) is 12.8. The van der Waals surface area contributed by atoms with E-state index < -0.39 is 11.6 Å². The van der Waals surface area contributed by atoms with Crippen LogP contribution in [-0.2, 0) is 21.9 Å². The summed E-state index contributed by atoms with van der Waals surface area (Å²) < 4.78 is 0. The van der Waals surface area contributed by atoms with Gasteiger partial charge in [-0.25, -0.2) is 0 Å². The van der Waals surface area contributed by atoms with Crippen molar-refractivity contribution < 1.29 is 36.6 Å². The minimum Gasteiger partial charge on any atom is -0.876 e. The van der Waals surface area contributed by atoms with E-state index in [1.54, 1.807) is 48.5 Å². The summed E-state index contributed by atoms with van der Waals surface area (Å²) in [6.45, 7) is 2.70. The zero-order valence-electron chi connectivity index (χ0n) is 14.3. The summed E-state index contributed by atoms with van der Waals surface area (Å²) in [5, 5.41) is 9.98. The van der Waals surface area contributed by atoms with Crippen LogP contribution in [0.2, 0.25) is 0 Å². The van der Waals surface area contributed by atoms with Crippen molar-refractivity contribution in [1.29, 1.82) is 0 Å². The van der Waals surface area contributed by atoms with Gasteiger partial charge in [-0.3, -0.25) is 14.4 Å². The van der Waals surface area contributed by atoms with E-state index in [2.05, 4.69) is 0 Å². The Morgan fingerprint density at radius 2 is 1.08 bits per heavy atom. The Hall–Kier alpha value is -2.49. The molecule has 2 aromatic rings. The molecule has 0 aliphatic rings. The second-order valence-corrected chi connectivity index (χ2v) is 4.76. The fourth-order valence-electron chi connectivity index (χ4n) is 1.73. The molecule has 4 nitrogen and oxygen atoms in total. The molecular formula is C20H20FeO4. The van der Waals surface area contributed by atoms with E-state index in [-0.39, 0.29) is 36.0 Å². The minimum atomic E-state index is -0.466. The largest absolute Gasteiger partial charge is 2.00 e. The number of carbonyl (C=O) groups excluding carboxylic acids is 3. The number of hydrogen-bond donors (Lipinski definition) is 0. The topological polar surface area (TPSA) is 74.3 Å². The van der Waals surface area contributed by atoms with E-state index in [0.717, 1.165) is 6.08 Å². The Bertz CT molecular complexity index is 653. The van der Waals surface area contributed by atoms with Crippen molar-refractivity contribution in [3.05, 3.63) is 91.1 Å². The molecule has 0 amide bonds. The third kappa shape index (κ3) is 9.40. The molecule has 0 heterocycles. The normalized spacial score (nSPS) is 9.44. The summed E-state index contributed by atoms with van der Waals surface area (Å²) in [6.07, 6.45) is 1.06. The Balaban J connectivity index is 0. The zero-order chi connectivity index (χ0) is 17.2. The molecule has 2 rings (SSSR count). The maximum absolute atomic E-state index is 11.8. The van der Waals surface area contributed by atoms with Crippen molar-refractivity contribution >= 4 is 17.3 Å². The number of benzene rings is 2. The predicted octanol–water partition coefficient (Wildman–Crippen LogP) is 3.04. The van der Waals surface area contributed by atoms with Crippen molar-refractivity contribution in [2.75, 3.05) is 0 Å². The molecule has 0 N–H and O–H groups in total. The van der Waals surface area contributed by atoms with Gasteiger partial charge in [-0.15, -0.1) is 5.76 Å². The van der Waals surface area contributed by atoms with Gasteiger partial charge in [-0.2, -0.15) is 0 Å². The summed E-state index contributed by atoms with van der Waals surface area (Å²) in [4.78, 5) is 33.6. The first-order valence-corrected chi connectivity index (χ1v) is 6.97. The standard InChI is InChI=1S/C14H10O2.C5H8O2.CH3.Fe/c15-13(11-7-3-1-4-8-11)14(16)12-9-5-2-6-10-12;1-4(6)3-5(2)7;;/h1-10H;3,6H,1-2H3;1H3;/q;;-1;+2/p-1/b;4-3-;;. The van der Waals surface area contributed by atoms with Gasteiger partial charge in [0.2, 0.25) is 11.6 Å². The molecule has 0 aliphatic heterocycles. The van der Waals surface area contributed by atoms with Gasteiger partial charge in [0.25, 0.3) is 0 Å². The van der Waals surface area contributed by atoms with Crippen LogP contribution in [0, 0.1) is 7.43 Å². The minimum absolute atomic E-state index is 0. The molecular weight excluding hydrogens is 360 g/mol. The number of carbonyl (C=O) groups is 3. The Labute approximate surface area is 159 Å². The molecule has 2 aromatic carbocycles. The zero-order valence-corrected chi connectivity index (χ0v) is 15.4. The van der Waals surface area contributed by atoms with Crippen LogP contribution in [-0.4, -0.2) is 17.3 Å². The maximum atomic E-state index is 11.8. The quantitative estimate of drug-likeness (QED) is 0.204. The van der Waals surface area contributed by atoms with Gasteiger partial charge < -0.3 is 12.5 Å². The second-order valence-electron chi connectivity index (χ2n) is 4.76. The van der Waals surface area contributed by atoms with Crippen LogP contribution in [0.25, 0.3) is 0 Å². The molecule has 0 saturated heterocycles. The van der Waals surface area contributed by atoms with Gasteiger partial charge in [0.05, 0.1) is 0 Å². The van der Waals surface area contributed by atoms with E-state index >= 15 is 0 Å². The van der Waals surface area contributed by atoms with Gasteiger partial charge in [-0.1, -0.05) is 67.6 Å². The first-order chi connectivity index (χ1) is 10.9.